The zero-order chi connectivity index (χ0) is 42.9. The number of nitrogens with one attached hydrogen (secondary N) is 1. The molecule has 5 aliphatic heterocycles. The van der Waals surface area contributed by atoms with E-state index in [1.807, 2.05) is 0 Å². The van der Waals surface area contributed by atoms with Crippen LogP contribution in [0.3, 0.4) is 0 Å². The van der Waals surface area contributed by atoms with Gasteiger partial charge in [0.15, 0.2) is 31.5 Å². The molecule has 0 aromatic carbocycles. The third-order valence-corrected chi connectivity index (χ3v) is 10.7. The van der Waals surface area contributed by atoms with Gasteiger partial charge < -0.3 is 125 Å². The lowest BCUT2D eigenvalue weighted by Crippen LogP contribution is -2.71. The Morgan fingerprint density at radius 1 is 0.448 bits per heavy atom. The first-order valence-electron chi connectivity index (χ1n) is 18.5. The summed E-state index contributed by atoms with van der Waals surface area (Å²) in [7, 11) is 0. The van der Waals surface area contributed by atoms with E-state index in [2.05, 4.69) is 5.32 Å². The second-order valence-corrected chi connectivity index (χ2v) is 14.7. The van der Waals surface area contributed by atoms with Gasteiger partial charge in [-0.2, -0.15) is 0 Å². The van der Waals surface area contributed by atoms with Crippen molar-refractivity contribution in [2.75, 3.05) is 26.4 Å². The number of aliphatic hydroxyl groups is 15. The van der Waals surface area contributed by atoms with E-state index in [9.17, 15) is 81.4 Å². The minimum Gasteiger partial charge on any atom is -0.394 e. The number of amides is 1. The molecule has 58 heavy (non-hydrogen) atoms. The van der Waals surface area contributed by atoms with Gasteiger partial charge >= 0.3 is 0 Å². The molecule has 26 heteroatoms. The Morgan fingerprint density at radius 3 is 1.47 bits per heavy atom. The molecule has 16 N–H and O–H groups in total. The van der Waals surface area contributed by atoms with Crippen molar-refractivity contribution < 1.29 is 124 Å². The van der Waals surface area contributed by atoms with E-state index < -0.39 is 186 Å². The second kappa shape index (κ2) is 20.1. The third kappa shape index (κ3) is 9.75. The van der Waals surface area contributed by atoms with E-state index in [1.54, 1.807) is 0 Å². The largest absolute Gasteiger partial charge is 0.394 e. The molecule has 5 aliphatic rings. The van der Waals surface area contributed by atoms with Crippen LogP contribution in [-0.4, -0.2) is 262 Å². The van der Waals surface area contributed by atoms with Crippen molar-refractivity contribution in [2.45, 2.75) is 167 Å². The first kappa shape index (κ1) is 47.6. The van der Waals surface area contributed by atoms with Crippen LogP contribution < -0.4 is 5.32 Å². The summed E-state index contributed by atoms with van der Waals surface area (Å²) in [5.74, 6) is -0.830. The lowest BCUT2D eigenvalue weighted by molar-refractivity contribution is -0.391. The molecule has 0 spiro atoms. The van der Waals surface area contributed by atoms with Gasteiger partial charge in [-0.05, 0) is 6.92 Å². The average Bonchev–Trinajstić information content (AvgIpc) is 3.19. The van der Waals surface area contributed by atoms with Crippen LogP contribution in [0.1, 0.15) is 13.8 Å². The molecule has 0 bridgehead atoms. The van der Waals surface area contributed by atoms with Gasteiger partial charge in [-0.15, -0.1) is 0 Å². The van der Waals surface area contributed by atoms with E-state index in [1.165, 1.54) is 6.92 Å². The minimum atomic E-state index is -2.12. The summed E-state index contributed by atoms with van der Waals surface area (Å²) >= 11 is 0. The Kier molecular flexibility index (Phi) is 16.5. The van der Waals surface area contributed by atoms with Crippen LogP contribution >= 0.6 is 0 Å². The Morgan fingerprint density at radius 2 is 0.897 bits per heavy atom. The van der Waals surface area contributed by atoms with Gasteiger partial charge in [-0.1, -0.05) is 0 Å². The molecular weight excluding hydrogens is 798 g/mol. The smallest absolute Gasteiger partial charge is 0.217 e. The molecule has 5 fully saturated rings. The minimum absolute atomic E-state index is 0.830. The summed E-state index contributed by atoms with van der Waals surface area (Å²) in [5.41, 5.74) is 0. The third-order valence-electron chi connectivity index (χ3n) is 10.7. The summed E-state index contributed by atoms with van der Waals surface area (Å²) in [4.78, 5) is 12.8. The summed E-state index contributed by atoms with van der Waals surface area (Å²) in [6.45, 7) is -1.36. The molecule has 25 atom stereocenters. The summed E-state index contributed by atoms with van der Waals surface area (Å²) in [6, 6.07) is -1.73. The zero-order valence-electron chi connectivity index (χ0n) is 31.1. The molecule has 5 saturated heterocycles. The molecule has 5 rings (SSSR count). The predicted molar refractivity (Wildman–Crippen MR) is 177 cm³/mol. The average molecular weight is 854 g/mol. The molecule has 26 nitrogen and oxygen atoms in total. The van der Waals surface area contributed by atoms with E-state index >= 15 is 0 Å². The van der Waals surface area contributed by atoms with Gasteiger partial charge in [-0.25, -0.2) is 0 Å². The highest BCUT2D eigenvalue weighted by Gasteiger charge is 2.57. The van der Waals surface area contributed by atoms with Crippen molar-refractivity contribution in [3.63, 3.8) is 0 Å². The normalized spacial score (nSPS) is 51.6. The number of carbonyl (C=O) groups is 1. The number of hydrogen-bond acceptors (Lipinski definition) is 25. The van der Waals surface area contributed by atoms with Crippen LogP contribution in [0.25, 0.3) is 0 Å². The molecule has 0 aromatic rings. The Balaban J connectivity index is 1.50. The van der Waals surface area contributed by atoms with Gasteiger partial charge in [0, 0.05) is 6.92 Å². The quantitative estimate of drug-likeness (QED) is 0.0818. The highest BCUT2D eigenvalue weighted by Crippen LogP contribution is 2.36. The fourth-order valence-electron chi connectivity index (χ4n) is 7.37. The number of carbonyl (C=O) groups excluding carboxylic acids is 1. The molecule has 0 radical (unpaired) electrons. The van der Waals surface area contributed by atoms with Crippen LogP contribution in [0.4, 0.5) is 0 Å². The van der Waals surface area contributed by atoms with E-state index in [4.69, 9.17) is 42.6 Å². The van der Waals surface area contributed by atoms with Gasteiger partial charge in [-0.3, -0.25) is 4.79 Å². The standard InChI is InChI=1S/C32H55NO25/c1-7-14(39)17(42)21(46)30(50-7)57-26-13(33-8(2)38)29(54-12(6-37)25(26)56-31-22(47)18(43)15(40)9(3-34)52-31)58-27-16(41)10(4-35)53-32(23(27)48)55-24-11(5-36)51-28(49)20(45)19(24)44/h7,9-32,34-37,39-49H,3-6H2,1-2H3,(H,33,38)/t7-,9+,10+,11+,12+,13+,14+,15-,16-,17+,18-,19+,20+,21-,22+,23+,24+,25+,26+,27+,28?,29+,30+,31+,32-/m0/s1. The SMILES string of the molecule is CC(=O)N[C@H]1[C@@H](O[C@@H]2[C@@H](O)[C@@H](CO)O[C@@H](O[C@H]3[C@H](O)[C@@H](O)C(O)O[C@@H]3CO)[C@@H]2O)O[C@H](CO)[C@@H](O[C@H]2O[C@H](CO)[C@H](O)[C@H](O)[C@H]2O)[C@@H]1O[C@H]1O[C@@H](C)[C@@H](O)[C@@H](O)[C@@H]1O. The molecule has 0 saturated carbocycles. The fourth-order valence-corrected chi connectivity index (χ4v) is 7.37. The molecule has 0 aromatic heterocycles. The molecule has 1 unspecified atom stereocenters. The summed E-state index contributed by atoms with van der Waals surface area (Å²) in [5, 5.41) is 159. The highest BCUT2D eigenvalue weighted by atomic mass is 16.8. The Labute approximate surface area is 329 Å². The zero-order valence-corrected chi connectivity index (χ0v) is 31.1. The Hall–Kier alpha value is -1.49. The van der Waals surface area contributed by atoms with Crippen molar-refractivity contribution in [3.05, 3.63) is 0 Å². The lowest BCUT2D eigenvalue weighted by atomic mass is 9.93. The molecule has 338 valence electrons. The number of hydrogen-bond donors (Lipinski definition) is 16. The fraction of sp³-hybridized carbons (Fsp3) is 0.969. The predicted octanol–water partition coefficient (Wildman–Crippen LogP) is -10.8. The maximum atomic E-state index is 12.8. The van der Waals surface area contributed by atoms with Gasteiger partial charge in [0.05, 0.1) is 32.5 Å². The monoisotopic (exact) mass is 853 g/mol. The lowest BCUT2D eigenvalue weighted by Gasteiger charge is -2.51. The molecule has 1 amide bonds. The second-order valence-electron chi connectivity index (χ2n) is 14.7. The topological polar surface area (TPSA) is 416 Å². The van der Waals surface area contributed by atoms with Gasteiger partial charge in [0.2, 0.25) is 5.91 Å². The van der Waals surface area contributed by atoms with Gasteiger partial charge in [0.25, 0.3) is 0 Å². The van der Waals surface area contributed by atoms with E-state index in [0.29, 0.717) is 0 Å². The van der Waals surface area contributed by atoms with Crippen molar-refractivity contribution >= 4 is 5.91 Å². The molecule has 5 heterocycles. The van der Waals surface area contributed by atoms with Crippen LogP contribution in [-0.2, 0) is 47.4 Å². The van der Waals surface area contributed by atoms with Crippen molar-refractivity contribution in [1.29, 1.82) is 0 Å². The van der Waals surface area contributed by atoms with Crippen LogP contribution in [0, 0.1) is 0 Å². The maximum Gasteiger partial charge on any atom is 0.217 e. The van der Waals surface area contributed by atoms with Crippen LogP contribution in [0.15, 0.2) is 0 Å². The number of ether oxygens (including phenoxy) is 9. The Bertz CT molecular complexity index is 1300. The first-order chi connectivity index (χ1) is 27.4. The van der Waals surface area contributed by atoms with E-state index in [-0.39, 0.29) is 0 Å². The van der Waals surface area contributed by atoms with Crippen LogP contribution in [0.5, 0.6) is 0 Å². The van der Waals surface area contributed by atoms with Crippen molar-refractivity contribution in [1.82, 2.24) is 5.32 Å². The highest BCUT2D eigenvalue weighted by molar-refractivity contribution is 5.73. The first-order valence-corrected chi connectivity index (χ1v) is 18.5. The van der Waals surface area contributed by atoms with Crippen LogP contribution in [0.2, 0.25) is 0 Å². The maximum absolute atomic E-state index is 12.8. The molecular formula is C32H55NO25. The summed E-state index contributed by atoms with van der Waals surface area (Å²) in [6.07, 6.45) is -43.6. The summed E-state index contributed by atoms with van der Waals surface area (Å²) < 4.78 is 51.4. The van der Waals surface area contributed by atoms with Gasteiger partial charge in [0.1, 0.15) is 116 Å². The van der Waals surface area contributed by atoms with Crippen molar-refractivity contribution in [3.8, 4) is 0 Å². The number of aliphatic hydroxyl groups excluding tert-OH is 15. The molecule has 0 aliphatic carbocycles. The number of rotatable bonds is 13. The van der Waals surface area contributed by atoms with E-state index in [0.717, 1.165) is 6.92 Å². The van der Waals surface area contributed by atoms with Crippen molar-refractivity contribution in [2.24, 2.45) is 0 Å².